The standard InChI is InChI=1S/C12H13N3O4S2/c1-7-5-21-12(18)15(7)4-9(16)14-11-13-8(6-20-11)3-10(17)19-2/h5-6H,3-4H2,1-2H3,(H,13,14,16). The van der Waals surface area contributed by atoms with Crippen molar-refractivity contribution in [2.45, 2.75) is 19.9 Å². The van der Waals surface area contributed by atoms with Crippen LogP contribution >= 0.6 is 22.7 Å². The van der Waals surface area contributed by atoms with E-state index in [0.717, 1.165) is 17.0 Å². The number of ether oxygens (including phenoxy) is 1. The molecule has 9 heteroatoms. The molecule has 21 heavy (non-hydrogen) atoms. The molecule has 2 heterocycles. The Morgan fingerprint density at radius 3 is 2.76 bits per heavy atom. The molecule has 112 valence electrons. The molecule has 0 unspecified atom stereocenters. The zero-order valence-corrected chi connectivity index (χ0v) is 13.0. The van der Waals surface area contributed by atoms with Gasteiger partial charge < -0.3 is 10.1 Å². The number of methoxy groups -OCH3 is 1. The molecule has 0 aliphatic rings. The summed E-state index contributed by atoms with van der Waals surface area (Å²) in [7, 11) is 1.30. The predicted octanol–water partition coefficient (Wildman–Crippen LogP) is 1.03. The summed E-state index contributed by atoms with van der Waals surface area (Å²) >= 11 is 2.27. The van der Waals surface area contributed by atoms with E-state index in [1.807, 2.05) is 0 Å². The first-order valence-electron chi connectivity index (χ1n) is 5.95. The minimum atomic E-state index is -0.390. The molecule has 0 aromatic carbocycles. The van der Waals surface area contributed by atoms with Gasteiger partial charge in [-0.1, -0.05) is 11.3 Å². The number of hydrogen-bond acceptors (Lipinski definition) is 7. The Morgan fingerprint density at radius 2 is 2.14 bits per heavy atom. The summed E-state index contributed by atoms with van der Waals surface area (Å²) in [5.74, 6) is -0.726. The lowest BCUT2D eigenvalue weighted by Gasteiger charge is -2.04. The summed E-state index contributed by atoms with van der Waals surface area (Å²) in [4.78, 5) is 38.5. The molecule has 2 aromatic heterocycles. The SMILES string of the molecule is COC(=O)Cc1csc(NC(=O)Cn2c(C)csc2=O)n1. The molecule has 2 aromatic rings. The summed E-state index contributed by atoms with van der Waals surface area (Å²) in [5.41, 5.74) is 1.27. The van der Waals surface area contributed by atoms with Gasteiger partial charge in [-0.15, -0.1) is 11.3 Å². The largest absolute Gasteiger partial charge is 0.469 e. The number of rotatable bonds is 5. The third-order valence-corrected chi connectivity index (χ3v) is 4.32. The topological polar surface area (TPSA) is 90.3 Å². The fraction of sp³-hybridized carbons (Fsp3) is 0.333. The van der Waals surface area contributed by atoms with Gasteiger partial charge in [-0.05, 0) is 6.92 Å². The van der Waals surface area contributed by atoms with Gasteiger partial charge in [0.2, 0.25) is 5.91 Å². The number of amides is 1. The third-order valence-electron chi connectivity index (χ3n) is 2.63. The van der Waals surface area contributed by atoms with E-state index in [4.69, 9.17) is 0 Å². The maximum absolute atomic E-state index is 11.9. The second-order valence-electron chi connectivity index (χ2n) is 4.17. The Balaban J connectivity index is 1.97. The number of nitrogens with zero attached hydrogens (tertiary/aromatic N) is 2. The van der Waals surface area contributed by atoms with Gasteiger partial charge in [0.15, 0.2) is 5.13 Å². The average molecular weight is 327 g/mol. The molecule has 0 bridgehead atoms. The van der Waals surface area contributed by atoms with E-state index in [9.17, 15) is 14.4 Å². The Hall–Kier alpha value is -2.00. The van der Waals surface area contributed by atoms with Crippen LogP contribution in [0.4, 0.5) is 5.13 Å². The van der Waals surface area contributed by atoms with Crippen LogP contribution < -0.4 is 10.2 Å². The molecule has 1 amide bonds. The number of aryl methyl sites for hydroxylation is 1. The highest BCUT2D eigenvalue weighted by Gasteiger charge is 2.12. The maximum atomic E-state index is 11.9. The van der Waals surface area contributed by atoms with Crippen molar-refractivity contribution in [3.63, 3.8) is 0 Å². The minimum Gasteiger partial charge on any atom is -0.469 e. The molecule has 7 nitrogen and oxygen atoms in total. The van der Waals surface area contributed by atoms with Gasteiger partial charge in [-0.25, -0.2) is 4.98 Å². The van der Waals surface area contributed by atoms with Crippen LogP contribution in [0.25, 0.3) is 0 Å². The molecular weight excluding hydrogens is 314 g/mol. The van der Waals surface area contributed by atoms with Crippen LogP contribution in [-0.2, 0) is 27.3 Å². The highest BCUT2D eigenvalue weighted by atomic mass is 32.1. The molecule has 2 rings (SSSR count). The van der Waals surface area contributed by atoms with Crippen LogP contribution in [0, 0.1) is 6.92 Å². The van der Waals surface area contributed by atoms with Gasteiger partial charge in [-0.3, -0.25) is 19.0 Å². The molecule has 0 spiro atoms. The van der Waals surface area contributed by atoms with E-state index in [0.29, 0.717) is 10.8 Å². The van der Waals surface area contributed by atoms with Crippen molar-refractivity contribution in [3.8, 4) is 0 Å². The van der Waals surface area contributed by atoms with Crippen LogP contribution in [-0.4, -0.2) is 28.5 Å². The quantitative estimate of drug-likeness (QED) is 0.828. The van der Waals surface area contributed by atoms with Crippen LogP contribution in [0.2, 0.25) is 0 Å². The van der Waals surface area contributed by atoms with Crippen LogP contribution in [0.3, 0.4) is 0 Å². The smallest absolute Gasteiger partial charge is 0.311 e. The lowest BCUT2D eigenvalue weighted by Crippen LogP contribution is -2.25. The molecule has 0 aliphatic carbocycles. The first kappa shape index (κ1) is 15.4. The number of hydrogen-bond donors (Lipinski definition) is 1. The van der Waals surface area contributed by atoms with Crippen molar-refractivity contribution < 1.29 is 14.3 Å². The first-order chi connectivity index (χ1) is 9.99. The fourth-order valence-electron chi connectivity index (χ4n) is 1.56. The summed E-state index contributed by atoms with van der Waals surface area (Å²) in [6.07, 6.45) is 0.0615. The van der Waals surface area contributed by atoms with Gasteiger partial charge in [0.25, 0.3) is 0 Å². The van der Waals surface area contributed by atoms with Crippen LogP contribution in [0.1, 0.15) is 11.4 Å². The molecule has 1 N–H and O–H groups in total. The lowest BCUT2D eigenvalue weighted by molar-refractivity contribution is -0.139. The zero-order valence-electron chi connectivity index (χ0n) is 11.4. The van der Waals surface area contributed by atoms with Crippen LogP contribution in [0.5, 0.6) is 0 Å². The molecular formula is C12H13N3O4S2. The Bertz CT molecular complexity index is 716. The number of thiazole rings is 2. The van der Waals surface area contributed by atoms with Crippen molar-refractivity contribution in [1.82, 2.24) is 9.55 Å². The molecule has 0 fully saturated rings. The summed E-state index contributed by atoms with van der Waals surface area (Å²) in [6.45, 7) is 1.71. The number of esters is 1. The average Bonchev–Trinajstić information content (AvgIpc) is 3.00. The second-order valence-corrected chi connectivity index (χ2v) is 5.85. The van der Waals surface area contributed by atoms with Crippen molar-refractivity contribution in [1.29, 1.82) is 0 Å². The Kier molecular flexibility index (Phi) is 4.86. The molecule has 0 aliphatic heterocycles. The normalized spacial score (nSPS) is 10.4. The highest BCUT2D eigenvalue weighted by molar-refractivity contribution is 7.14. The number of carbonyl (C=O) groups is 2. The molecule has 0 atom stereocenters. The van der Waals surface area contributed by atoms with E-state index in [1.165, 1.54) is 23.0 Å². The zero-order chi connectivity index (χ0) is 15.4. The second kappa shape index (κ2) is 6.64. The maximum Gasteiger partial charge on any atom is 0.311 e. The molecule has 0 saturated carbocycles. The molecule has 0 radical (unpaired) electrons. The Morgan fingerprint density at radius 1 is 1.38 bits per heavy atom. The Labute approximate surface area is 128 Å². The van der Waals surface area contributed by atoms with Gasteiger partial charge in [0.1, 0.15) is 6.54 Å². The number of anilines is 1. The van der Waals surface area contributed by atoms with E-state index in [2.05, 4.69) is 15.0 Å². The van der Waals surface area contributed by atoms with E-state index in [-0.39, 0.29) is 23.7 Å². The lowest BCUT2D eigenvalue weighted by atomic mass is 10.3. The summed E-state index contributed by atoms with van der Waals surface area (Å²) in [5, 5.41) is 6.37. The predicted molar refractivity (Wildman–Crippen MR) is 79.8 cm³/mol. The fourth-order valence-corrected chi connectivity index (χ4v) is 3.03. The number of carbonyl (C=O) groups excluding carboxylic acids is 2. The van der Waals surface area contributed by atoms with E-state index >= 15 is 0 Å². The van der Waals surface area contributed by atoms with Crippen molar-refractivity contribution >= 4 is 39.7 Å². The first-order valence-corrected chi connectivity index (χ1v) is 7.71. The third kappa shape index (κ3) is 3.99. The van der Waals surface area contributed by atoms with Crippen LogP contribution in [0.15, 0.2) is 15.6 Å². The van der Waals surface area contributed by atoms with Gasteiger partial charge >= 0.3 is 10.8 Å². The summed E-state index contributed by atoms with van der Waals surface area (Å²) in [6, 6.07) is 0. The number of aromatic nitrogens is 2. The monoisotopic (exact) mass is 327 g/mol. The van der Waals surface area contributed by atoms with Crippen molar-refractivity contribution in [3.05, 3.63) is 31.8 Å². The van der Waals surface area contributed by atoms with Gasteiger partial charge in [0, 0.05) is 16.5 Å². The van der Waals surface area contributed by atoms with E-state index in [1.54, 1.807) is 17.7 Å². The van der Waals surface area contributed by atoms with Gasteiger partial charge in [-0.2, -0.15) is 0 Å². The van der Waals surface area contributed by atoms with Crippen molar-refractivity contribution in [2.75, 3.05) is 12.4 Å². The van der Waals surface area contributed by atoms with Gasteiger partial charge in [0.05, 0.1) is 19.2 Å². The van der Waals surface area contributed by atoms with E-state index < -0.39 is 5.97 Å². The van der Waals surface area contributed by atoms with Crippen molar-refractivity contribution in [2.24, 2.45) is 0 Å². The number of nitrogens with one attached hydrogen (secondary N) is 1. The molecule has 0 saturated heterocycles. The summed E-state index contributed by atoms with van der Waals surface area (Å²) < 4.78 is 5.93. The highest BCUT2D eigenvalue weighted by Crippen LogP contribution is 2.16. The minimum absolute atomic E-state index is 0.0555.